The van der Waals surface area contributed by atoms with Gasteiger partial charge in [-0.25, -0.2) is 0 Å². The van der Waals surface area contributed by atoms with E-state index in [1.807, 2.05) is 26.0 Å². The van der Waals surface area contributed by atoms with Crippen molar-refractivity contribution in [2.45, 2.75) is 64.1 Å². The molecule has 3 heteroatoms. The maximum Gasteiger partial charge on any atom is 0.132 e. The predicted molar refractivity (Wildman–Crippen MR) is 91.6 cm³/mol. The minimum atomic E-state index is -2.44. The summed E-state index contributed by atoms with van der Waals surface area (Å²) in [6.07, 6.45) is 9.44. The Labute approximate surface area is 129 Å². The zero-order chi connectivity index (χ0) is 16.1. The van der Waals surface area contributed by atoms with E-state index in [1.54, 1.807) is 0 Å². The highest BCUT2D eigenvalue weighted by Gasteiger charge is 2.57. The Morgan fingerprint density at radius 3 is 1.43 bits per heavy atom. The molecule has 0 heterocycles. The first-order chi connectivity index (χ1) is 9.49. The molecule has 0 aromatic heterocycles. The van der Waals surface area contributed by atoms with Crippen LogP contribution in [0.5, 0.6) is 0 Å². The normalized spacial score (nSPS) is 33.9. The lowest BCUT2D eigenvalue weighted by molar-refractivity contribution is 0.112. The van der Waals surface area contributed by atoms with Crippen LogP contribution in [0.2, 0.25) is 13.1 Å². The molecule has 2 aliphatic carbocycles. The van der Waals surface area contributed by atoms with E-state index in [-0.39, 0.29) is 0 Å². The molecule has 2 nitrogen and oxygen atoms in total. The van der Waals surface area contributed by atoms with Gasteiger partial charge in [0.25, 0.3) is 0 Å². The van der Waals surface area contributed by atoms with Gasteiger partial charge in [0.05, 0.1) is 10.4 Å². The number of hydrogen-bond donors (Lipinski definition) is 2. The molecule has 2 unspecified atom stereocenters. The van der Waals surface area contributed by atoms with Crippen molar-refractivity contribution in [3.8, 4) is 0 Å². The van der Waals surface area contributed by atoms with Gasteiger partial charge in [0.2, 0.25) is 0 Å². The molecule has 0 spiro atoms. The summed E-state index contributed by atoms with van der Waals surface area (Å²) in [6, 6.07) is 0. The molecule has 0 aliphatic heterocycles. The van der Waals surface area contributed by atoms with Crippen molar-refractivity contribution in [2.24, 2.45) is 0 Å². The van der Waals surface area contributed by atoms with Gasteiger partial charge in [0.15, 0.2) is 0 Å². The SMILES string of the molecule is CC1=CC(O)([Si](C)(C)C2(O)C=C(C)C=C(C)C2)CC(C)=C1. The van der Waals surface area contributed by atoms with Crippen LogP contribution in [0.1, 0.15) is 40.5 Å². The van der Waals surface area contributed by atoms with Crippen LogP contribution in [-0.4, -0.2) is 28.7 Å². The fourth-order valence-electron chi connectivity index (χ4n) is 3.85. The Morgan fingerprint density at radius 1 is 0.810 bits per heavy atom. The third-order valence-electron chi connectivity index (χ3n) is 5.14. The lowest BCUT2D eigenvalue weighted by Crippen LogP contribution is -2.68. The van der Waals surface area contributed by atoms with E-state index in [1.165, 1.54) is 11.1 Å². The first-order valence-corrected chi connectivity index (χ1v) is 10.7. The topological polar surface area (TPSA) is 40.5 Å². The van der Waals surface area contributed by atoms with Crippen LogP contribution in [0.25, 0.3) is 0 Å². The lowest BCUT2D eigenvalue weighted by Gasteiger charge is -2.51. The molecule has 2 N–H and O–H groups in total. The van der Waals surface area contributed by atoms with Crippen LogP contribution in [0.4, 0.5) is 0 Å². The highest BCUT2D eigenvalue weighted by atomic mass is 28.3. The molecular weight excluding hydrogens is 276 g/mol. The Balaban J connectivity index is 2.48. The minimum Gasteiger partial charge on any atom is -0.389 e. The molecule has 0 saturated heterocycles. The van der Waals surface area contributed by atoms with Crippen LogP contribution >= 0.6 is 0 Å². The van der Waals surface area contributed by atoms with Gasteiger partial charge in [-0.2, -0.15) is 0 Å². The minimum absolute atomic E-state index is 0.627. The average molecular weight is 305 g/mol. The van der Waals surface area contributed by atoms with Crippen LogP contribution < -0.4 is 0 Å². The van der Waals surface area contributed by atoms with E-state index in [0.717, 1.165) is 11.1 Å². The largest absolute Gasteiger partial charge is 0.389 e. The highest BCUT2D eigenvalue weighted by molar-refractivity contribution is 6.83. The second-order valence-electron chi connectivity index (χ2n) is 7.59. The number of aliphatic hydroxyl groups is 2. The molecule has 0 saturated carbocycles. The highest BCUT2D eigenvalue weighted by Crippen LogP contribution is 2.44. The van der Waals surface area contributed by atoms with Gasteiger partial charge < -0.3 is 10.2 Å². The van der Waals surface area contributed by atoms with Crippen molar-refractivity contribution in [2.75, 3.05) is 0 Å². The summed E-state index contributed by atoms with van der Waals surface area (Å²) in [5.41, 5.74) is 4.55. The summed E-state index contributed by atoms with van der Waals surface area (Å²) in [5.74, 6) is 0. The van der Waals surface area contributed by atoms with E-state index in [2.05, 4.69) is 39.1 Å². The lowest BCUT2D eigenvalue weighted by atomic mass is 9.98. The second-order valence-corrected chi connectivity index (χ2v) is 12.6. The molecule has 2 atom stereocenters. The van der Waals surface area contributed by atoms with E-state index in [0.29, 0.717) is 12.8 Å². The van der Waals surface area contributed by atoms with E-state index >= 15 is 0 Å². The molecule has 0 fully saturated rings. The van der Waals surface area contributed by atoms with Crippen LogP contribution in [0.3, 0.4) is 0 Å². The summed E-state index contributed by atoms with van der Waals surface area (Å²) >= 11 is 0. The van der Waals surface area contributed by atoms with Gasteiger partial charge >= 0.3 is 0 Å². The second kappa shape index (κ2) is 5.08. The van der Waals surface area contributed by atoms with Crippen LogP contribution in [0, 0.1) is 0 Å². The van der Waals surface area contributed by atoms with Gasteiger partial charge in [-0.3, -0.25) is 0 Å². The summed E-state index contributed by atoms with van der Waals surface area (Å²) in [5, 5.41) is 20.9. The first kappa shape index (κ1) is 16.5. The van der Waals surface area contributed by atoms with E-state index in [4.69, 9.17) is 0 Å². The maximum atomic E-state index is 11.4. The molecule has 0 aromatic carbocycles. The quantitative estimate of drug-likeness (QED) is 0.761. The van der Waals surface area contributed by atoms with Crippen molar-refractivity contribution < 1.29 is 10.2 Å². The zero-order valence-corrected chi connectivity index (χ0v) is 15.1. The third-order valence-corrected chi connectivity index (χ3v) is 10.1. The van der Waals surface area contributed by atoms with Gasteiger partial charge in [0.1, 0.15) is 8.07 Å². The predicted octanol–water partition coefficient (Wildman–Crippen LogP) is 3.83. The van der Waals surface area contributed by atoms with E-state index < -0.39 is 18.5 Å². The molecule has 0 aromatic rings. The average Bonchev–Trinajstić information content (AvgIpc) is 2.24. The molecule has 2 aliphatic rings. The van der Waals surface area contributed by atoms with Crippen molar-refractivity contribution in [3.63, 3.8) is 0 Å². The molecule has 2 rings (SSSR count). The molecule has 0 bridgehead atoms. The van der Waals surface area contributed by atoms with Gasteiger partial charge in [0, 0.05) is 0 Å². The smallest absolute Gasteiger partial charge is 0.132 e. The van der Waals surface area contributed by atoms with Crippen molar-refractivity contribution in [1.29, 1.82) is 0 Å². The summed E-state index contributed by atoms with van der Waals surface area (Å²) in [7, 11) is -2.44. The Bertz CT molecular complexity index is 530. The van der Waals surface area contributed by atoms with Crippen molar-refractivity contribution in [1.82, 2.24) is 0 Å². The monoisotopic (exact) mass is 304 g/mol. The summed E-state index contributed by atoms with van der Waals surface area (Å²) in [4.78, 5) is 0. The van der Waals surface area contributed by atoms with Gasteiger partial charge in [-0.1, -0.05) is 59.7 Å². The van der Waals surface area contributed by atoms with Crippen LogP contribution in [0.15, 0.2) is 46.6 Å². The summed E-state index contributed by atoms with van der Waals surface area (Å²) < 4.78 is 0. The van der Waals surface area contributed by atoms with Crippen molar-refractivity contribution >= 4 is 8.07 Å². The molecule has 0 amide bonds. The molecule has 21 heavy (non-hydrogen) atoms. The summed E-state index contributed by atoms with van der Waals surface area (Å²) in [6.45, 7) is 12.4. The van der Waals surface area contributed by atoms with Crippen LogP contribution in [-0.2, 0) is 0 Å². The number of hydrogen-bond acceptors (Lipinski definition) is 2. The first-order valence-electron chi connectivity index (χ1n) is 7.67. The zero-order valence-electron chi connectivity index (χ0n) is 14.1. The Morgan fingerprint density at radius 2 is 1.14 bits per heavy atom. The van der Waals surface area contributed by atoms with Gasteiger partial charge in [-0.15, -0.1) is 0 Å². The number of rotatable bonds is 2. The maximum absolute atomic E-state index is 11.4. The fourth-order valence-corrected chi connectivity index (χ4v) is 7.21. The van der Waals surface area contributed by atoms with Gasteiger partial charge in [-0.05, 0) is 40.5 Å². The fraction of sp³-hybridized carbons (Fsp3) is 0.556. The third kappa shape index (κ3) is 2.74. The molecule has 116 valence electrons. The Kier molecular flexibility index (Phi) is 3.98. The molecule has 0 radical (unpaired) electrons. The number of allylic oxidation sites excluding steroid dienone is 4. The Hall–Kier alpha value is -0.903. The van der Waals surface area contributed by atoms with E-state index in [9.17, 15) is 10.2 Å². The standard InChI is InChI=1S/C18H28O2Si/c1-13-7-14(2)10-17(19,9-13)21(5,6)18(20)11-15(3)8-16(4)12-18/h7-9,11,19-20H,10,12H2,1-6H3. The molecular formula is C18H28O2Si. The van der Waals surface area contributed by atoms with Crippen molar-refractivity contribution in [3.05, 3.63) is 46.6 Å².